The lowest BCUT2D eigenvalue weighted by Gasteiger charge is -1.87. The maximum atomic E-state index is 3.76. The van der Waals surface area contributed by atoms with Gasteiger partial charge in [-0.1, -0.05) is 12.1 Å². The van der Waals surface area contributed by atoms with E-state index in [1.807, 2.05) is 24.3 Å². The first-order valence-corrected chi connectivity index (χ1v) is 2.87. The predicted octanol–water partition coefficient (Wildman–Crippen LogP) is 0.420. The summed E-state index contributed by atoms with van der Waals surface area (Å²) < 4.78 is 0. The van der Waals surface area contributed by atoms with Crippen LogP contribution < -0.4 is 0 Å². The normalized spacial score (nSPS) is 10.0. The molecule has 1 heterocycles. The number of nitrogens with zero attached hydrogens (tertiary/aromatic N) is 4. The number of hydrogen-bond acceptors (Lipinski definition) is 4. The van der Waals surface area contributed by atoms with Crippen LogP contribution in [0, 0.1) is 0 Å². The Balaban J connectivity index is 2.89. The van der Waals surface area contributed by atoms with Gasteiger partial charge in [-0.2, -0.15) is 0 Å². The van der Waals surface area contributed by atoms with Crippen LogP contribution in [0.3, 0.4) is 0 Å². The average molecular weight is 132 g/mol. The molecule has 0 spiro atoms. The fourth-order valence-electron chi connectivity index (χ4n) is 0.770. The molecule has 0 saturated heterocycles. The van der Waals surface area contributed by atoms with E-state index in [0.29, 0.717) is 0 Å². The zero-order valence-electron chi connectivity index (χ0n) is 5.10. The third-order valence-electron chi connectivity index (χ3n) is 1.23. The van der Waals surface area contributed by atoms with Gasteiger partial charge in [0, 0.05) is 0 Å². The fourth-order valence-corrected chi connectivity index (χ4v) is 0.770. The molecule has 0 aliphatic rings. The molecule has 48 valence electrons. The average Bonchev–Trinajstić information content (AvgIpc) is 2.05. The van der Waals surface area contributed by atoms with Gasteiger partial charge in [-0.15, -0.1) is 10.2 Å². The van der Waals surface area contributed by atoms with Gasteiger partial charge in [0.05, 0.1) is 0 Å². The molecule has 0 N–H and O–H groups in total. The van der Waals surface area contributed by atoms with E-state index in [2.05, 4.69) is 20.6 Å². The molecule has 0 unspecified atom stereocenters. The van der Waals surface area contributed by atoms with Crippen molar-refractivity contribution in [2.24, 2.45) is 0 Å². The van der Waals surface area contributed by atoms with E-state index in [9.17, 15) is 0 Å². The molecular formula is C6H4N4. The highest BCUT2D eigenvalue weighted by atomic mass is 15.4. The molecule has 10 heavy (non-hydrogen) atoms. The highest BCUT2D eigenvalue weighted by molar-refractivity contribution is 5.72. The quantitative estimate of drug-likeness (QED) is 0.521. The van der Waals surface area contributed by atoms with E-state index < -0.39 is 0 Å². The van der Waals surface area contributed by atoms with Gasteiger partial charge in [0.15, 0.2) is 0 Å². The van der Waals surface area contributed by atoms with Crippen LogP contribution in [0.15, 0.2) is 24.3 Å². The minimum absolute atomic E-state index is 0.775. The summed E-state index contributed by atoms with van der Waals surface area (Å²) in [4.78, 5) is 0. The lowest BCUT2D eigenvalue weighted by atomic mass is 10.3. The highest BCUT2D eigenvalue weighted by Gasteiger charge is 1.90. The van der Waals surface area contributed by atoms with E-state index in [-0.39, 0.29) is 0 Å². The smallest absolute Gasteiger partial charge is 0.115 e. The van der Waals surface area contributed by atoms with Gasteiger partial charge in [-0.3, -0.25) is 0 Å². The van der Waals surface area contributed by atoms with Crippen molar-refractivity contribution in [1.29, 1.82) is 0 Å². The van der Waals surface area contributed by atoms with E-state index in [4.69, 9.17) is 0 Å². The van der Waals surface area contributed by atoms with Crippen LogP contribution in [0.5, 0.6) is 0 Å². The van der Waals surface area contributed by atoms with Crippen LogP contribution in [0.1, 0.15) is 0 Å². The van der Waals surface area contributed by atoms with Crippen LogP contribution in [-0.4, -0.2) is 20.6 Å². The van der Waals surface area contributed by atoms with Gasteiger partial charge in [-0.25, -0.2) is 0 Å². The first-order chi connectivity index (χ1) is 4.97. The zero-order valence-corrected chi connectivity index (χ0v) is 5.10. The summed E-state index contributed by atoms with van der Waals surface area (Å²) in [6, 6.07) is 7.46. The standard InChI is InChI=1S/C6H4N4/c1-2-4-6-5(3-1)7-9-10-8-6/h1-4H. The summed E-state index contributed by atoms with van der Waals surface area (Å²) in [6.07, 6.45) is 0. The fraction of sp³-hybridized carbons (Fsp3) is 0. The number of aromatic nitrogens is 4. The predicted molar refractivity (Wildman–Crippen MR) is 35.1 cm³/mol. The molecule has 0 bridgehead atoms. The molecule has 0 atom stereocenters. The van der Waals surface area contributed by atoms with Crippen molar-refractivity contribution in [1.82, 2.24) is 20.6 Å². The summed E-state index contributed by atoms with van der Waals surface area (Å²) in [5.41, 5.74) is 1.55. The SMILES string of the molecule is c1ccc2nnnnc2c1. The van der Waals surface area contributed by atoms with Gasteiger partial charge < -0.3 is 0 Å². The second kappa shape index (κ2) is 1.98. The molecule has 2 aromatic rings. The highest BCUT2D eigenvalue weighted by Crippen LogP contribution is 2.02. The van der Waals surface area contributed by atoms with Crippen molar-refractivity contribution in [2.75, 3.05) is 0 Å². The number of fused-ring (bicyclic) bond motifs is 1. The minimum atomic E-state index is 0.775. The monoisotopic (exact) mass is 132 g/mol. The topological polar surface area (TPSA) is 51.6 Å². The largest absolute Gasteiger partial charge is 0.127 e. The van der Waals surface area contributed by atoms with E-state index in [1.165, 1.54) is 0 Å². The molecule has 4 nitrogen and oxygen atoms in total. The minimum Gasteiger partial charge on any atom is -0.127 e. The third kappa shape index (κ3) is 0.699. The molecule has 0 aliphatic heterocycles. The number of rotatable bonds is 0. The Hall–Kier alpha value is -1.58. The summed E-state index contributed by atoms with van der Waals surface area (Å²) in [7, 11) is 0. The molecule has 0 aliphatic carbocycles. The Morgan fingerprint density at radius 3 is 1.80 bits per heavy atom. The van der Waals surface area contributed by atoms with Gasteiger partial charge in [-0.05, 0) is 22.6 Å². The Morgan fingerprint density at radius 2 is 1.30 bits per heavy atom. The molecule has 4 heteroatoms. The second-order valence-electron chi connectivity index (χ2n) is 1.87. The number of hydrogen-bond donors (Lipinski definition) is 0. The van der Waals surface area contributed by atoms with Crippen molar-refractivity contribution in [2.45, 2.75) is 0 Å². The summed E-state index contributed by atoms with van der Waals surface area (Å²) in [6.45, 7) is 0. The van der Waals surface area contributed by atoms with Gasteiger partial charge in [0.25, 0.3) is 0 Å². The van der Waals surface area contributed by atoms with Gasteiger partial charge >= 0.3 is 0 Å². The molecule has 0 amide bonds. The van der Waals surface area contributed by atoms with Crippen LogP contribution in [0.2, 0.25) is 0 Å². The molecule has 2 rings (SSSR count). The zero-order chi connectivity index (χ0) is 6.81. The van der Waals surface area contributed by atoms with E-state index >= 15 is 0 Å². The molecule has 0 fully saturated rings. The van der Waals surface area contributed by atoms with Crippen LogP contribution in [0.25, 0.3) is 11.0 Å². The first-order valence-electron chi connectivity index (χ1n) is 2.87. The van der Waals surface area contributed by atoms with Crippen molar-refractivity contribution in [3.63, 3.8) is 0 Å². The van der Waals surface area contributed by atoms with Crippen LogP contribution in [0.4, 0.5) is 0 Å². The second-order valence-corrected chi connectivity index (χ2v) is 1.87. The Kier molecular flexibility index (Phi) is 1.04. The summed E-state index contributed by atoms with van der Waals surface area (Å²) in [5.74, 6) is 0. The Bertz CT molecular complexity index is 281. The first kappa shape index (κ1) is 5.22. The summed E-state index contributed by atoms with van der Waals surface area (Å²) >= 11 is 0. The lowest BCUT2D eigenvalue weighted by molar-refractivity contribution is 0.797. The molecule has 1 aromatic carbocycles. The Morgan fingerprint density at radius 1 is 0.800 bits per heavy atom. The van der Waals surface area contributed by atoms with Crippen molar-refractivity contribution in [3.8, 4) is 0 Å². The molecule has 0 radical (unpaired) electrons. The van der Waals surface area contributed by atoms with Crippen molar-refractivity contribution < 1.29 is 0 Å². The van der Waals surface area contributed by atoms with Crippen LogP contribution >= 0.6 is 0 Å². The maximum absolute atomic E-state index is 3.76. The van der Waals surface area contributed by atoms with E-state index in [1.54, 1.807) is 0 Å². The lowest BCUT2D eigenvalue weighted by Crippen LogP contribution is -1.90. The Labute approximate surface area is 56.9 Å². The molecule has 0 saturated carbocycles. The van der Waals surface area contributed by atoms with Gasteiger partial charge in [0.2, 0.25) is 0 Å². The third-order valence-corrected chi connectivity index (χ3v) is 1.23. The van der Waals surface area contributed by atoms with E-state index in [0.717, 1.165) is 11.0 Å². The molecule has 1 aromatic heterocycles. The molecular weight excluding hydrogens is 128 g/mol. The van der Waals surface area contributed by atoms with Gasteiger partial charge in [0.1, 0.15) is 11.0 Å². The number of benzene rings is 1. The maximum Gasteiger partial charge on any atom is 0.115 e. The van der Waals surface area contributed by atoms with Crippen LogP contribution in [-0.2, 0) is 0 Å². The van der Waals surface area contributed by atoms with Crippen molar-refractivity contribution in [3.05, 3.63) is 24.3 Å². The summed E-state index contributed by atoms with van der Waals surface area (Å²) in [5, 5.41) is 14.3. The van der Waals surface area contributed by atoms with Crippen molar-refractivity contribution >= 4 is 11.0 Å².